The van der Waals surface area contributed by atoms with Crippen molar-refractivity contribution >= 4 is 22.4 Å². The van der Waals surface area contributed by atoms with Gasteiger partial charge in [0.2, 0.25) is 5.78 Å². The highest BCUT2D eigenvalue weighted by Crippen LogP contribution is 2.38. The zero-order chi connectivity index (χ0) is 25.1. The molecule has 0 amide bonds. The minimum atomic E-state index is -4.62. The second-order valence-electron chi connectivity index (χ2n) is 8.21. The highest BCUT2D eigenvalue weighted by molar-refractivity contribution is 6.10. The van der Waals surface area contributed by atoms with Crippen molar-refractivity contribution in [2.24, 2.45) is 0 Å². The summed E-state index contributed by atoms with van der Waals surface area (Å²) in [5.41, 5.74) is 1.94. The summed E-state index contributed by atoms with van der Waals surface area (Å²) in [7, 11) is 0. The zero-order valence-electron chi connectivity index (χ0n) is 19.0. The van der Waals surface area contributed by atoms with Gasteiger partial charge in [-0.2, -0.15) is 13.2 Å². The molecule has 3 aromatic carbocycles. The van der Waals surface area contributed by atoms with E-state index in [4.69, 9.17) is 0 Å². The average molecular weight is 483 g/mol. The number of carbonyl (C=O) groups excluding carboxylic acids is 1. The Bertz CT molecular complexity index is 1530. The highest BCUT2D eigenvalue weighted by Gasteiger charge is 2.34. The van der Waals surface area contributed by atoms with Crippen LogP contribution in [0.4, 0.5) is 18.9 Å². The van der Waals surface area contributed by atoms with E-state index in [2.05, 4.69) is 15.3 Å². The summed E-state index contributed by atoms with van der Waals surface area (Å²) in [6, 6.07) is 26.9. The molecule has 0 aliphatic heterocycles. The van der Waals surface area contributed by atoms with Gasteiger partial charge in [-0.1, -0.05) is 60.7 Å². The fraction of sp³-hybridized carbons (Fsp3) is 0.0690. The summed E-state index contributed by atoms with van der Waals surface area (Å²) < 4.78 is 41.7. The quantitative estimate of drug-likeness (QED) is 0.261. The van der Waals surface area contributed by atoms with E-state index in [0.29, 0.717) is 28.6 Å². The van der Waals surface area contributed by atoms with Crippen molar-refractivity contribution in [1.82, 2.24) is 9.97 Å². The number of rotatable bonds is 6. The van der Waals surface area contributed by atoms with Gasteiger partial charge in [0.25, 0.3) is 0 Å². The van der Waals surface area contributed by atoms with Crippen LogP contribution in [0.1, 0.15) is 27.3 Å². The van der Waals surface area contributed by atoms with Gasteiger partial charge in [0.05, 0.1) is 23.3 Å². The van der Waals surface area contributed by atoms with Crippen LogP contribution in [-0.2, 0) is 12.7 Å². The molecule has 0 bridgehead atoms. The van der Waals surface area contributed by atoms with Gasteiger partial charge in [-0.25, -0.2) is 4.98 Å². The number of ketones is 1. The van der Waals surface area contributed by atoms with Gasteiger partial charge in [0, 0.05) is 22.8 Å². The third kappa shape index (κ3) is 4.81. The number of hydrogen-bond acceptors (Lipinski definition) is 4. The summed E-state index contributed by atoms with van der Waals surface area (Å²) in [4.78, 5) is 21.7. The molecule has 0 saturated heterocycles. The maximum Gasteiger partial charge on any atom is 0.418 e. The van der Waals surface area contributed by atoms with E-state index in [1.54, 1.807) is 54.7 Å². The Kier molecular flexibility index (Phi) is 6.21. The molecule has 5 aromatic rings. The van der Waals surface area contributed by atoms with E-state index in [1.165, 1.54) is 6.07 Å². The predicted molar refractivity (Wildman–Crippen MR) is 134 cm³/mol. The summed E-state index contributed by atoms with van der Waals surface area (Å²) in [5.74, 6) is -0.444. The summed E-state index contributed by atoms with van der Waals surface area (Å²) in [6.07, 6.45) is -2.91. The van der Waals surface area contributed by atoms with Crippen LogP contribution in [0.15, 0.2) is 103 Å². The largest absolute Gasteiger partial charge is 0.418 e. The number of carbonyl (C=O) groups is 1. The number of benzene rings is 3. The van der Waals surface area contributed by atoms with Gasteiger partial charge in [0.1, 0.15) is 5.69 Å². The van der Waals surface area contributed by atoms with Crippen molar-refractivity contribution in [2.75, 3.05) is 5.32 Å². The lowest BCUT2D eigenvalue weighted by atomic mass is 9.96. The molecule has 178 valence electrons. The third-order valence-corrected chi connectivity index (χ3v) is 5.79. The molecule has 4 nitrogen and oxygen atoms in total. The molecule has 0 saturated carbocycles. The molecule has 0 atom stereocenters. The average Bonchev–Trinajstić information content (AvgIpc) is 2.91. The van der Waals surface area contributed by atoms with E-state index < -0.39 is 17.5 Å². The molecule has 0 unspecified atom stereocenters. The Hall–Kier alpha value is -4.52. The van der Waals surface area contributed by atoms with E-state index in [0.717, 1.165) is 17.4 Å². The Balaban J connectivity index is 1.63. The van der Waals surface area contributed by atoms with E-state index in [-0.39, 0.29) is 11.2 Å². The van der Waals surface area contributed by atoms with Crippen molar-refractivity contribution in [3.05, 3.63) is 126 Å². The number of alkyl halides is 3. The van der Waals surface area contributed by atoms with Gasteiger partial charge < -0.3 is 5.32 Å². The fourth-order valence-electron chi connectivity index (χ4n) is 4.06. The van der Waals surface area contributed by atoms with Crippen molar-refractivity contribution in [3.63, 3.8) is 0 Å². The number of halogens is 3. The first-order chi connectivity index (χ1) is 17.4. The first-order valence-corrected chi connectivity index (χ1v) is 11.2. The molecule has 7 heteroatoms. The maximum atomic E-state index is 13.9. The van der Waals surface area contributed by atoms with Gasteiger partial charge in [0.15, 0.2) is 0 Å². The summed E-state index contributed by atoms with van der Waals surface area (Å²) in [5, 5.41) is 3.61. The molecule has 1 N–H and O–H groups in total. The van der Waals surface area contributed by atoms with E-state index in [9.17, 15) is 18.0 Å². The minimum absolute atomic E-state index is 0.0488. The SMILES string of the molecule is O=C(c1ccccc1)c1cc(-c2cccc(NCc3ccccn3)c2)c2cccc(C(F)(F)F)c2n1. The Morgan fingerprint density at radius 3 is 2.36 bits per heavy atom. The second-order valence-corrected chi connectivity index (χ2v) is 8.21. The van der Waals surface area contributed by atoms with Crippen LogP contribution in [-0.4, -0.2) is 15.8 Å². The molecular weight excluding hydrogens is 463 g/mol. The smallest absolute Gasteiger partial charge is 0.379 e. The summed E-state index contributed by atoms with van der Waals surface area (Å²) in [6.45, 7) is 0.483. The van der Waals surface area contributed by atoms with Crippen LogP contribution < -0.4 is 5.32 Å². The number of nitrogens with one attached hydrogen (secondary N) is 1. The van der Waals surface area contributed by atoms with Crippen molar-refractivity contribution in [1.29, 1.82) is 0 Å². The second kappa shape index (κ2) is 9.62. The number of hydrogen-bond donors (Lipinski definition) is 1. The maximum absolute atomic E-state index is 13.9. The van der Waals surface area contributed by atoms with Gasteiger partial charge >= 0.3 is 6.18 Å². The standard InChI is InChI=1S/C29H20F3N3O/c30-29(31,32)25-14-7-13-23-24(17-26(35-27(23)25)28(36)19-8-2-1-3-9-19)20-10-6-12-21(16-20)34-18-22-11-4-5-15-33-22/h1-17,34H,18H2. The topological polar surface area (TPSA) is 54.9 Å². The fourth-order valence-corrected chi connectivity index (χ4v) is 4.06. The van der Waals surface area contributed by atoms with Crippen LogP contribution in [0, 0.1) is 0 Å². The molecule has 5 rings (SSSR count). The molecule has 2 heterocycles. The number of aromatic nitrogens is 2. The minimum Gasteiger partial charge on any atom is -0.379 e. The number of fused-ring (bicyclic) bond motifs is 1. The Labute approximate surface area is 205 Å². The number of nitrogens with zero attached hydrogens (tertiary/aromatic N) is 2. The normalized spacial score (nSPS) is 11.4. The molecule has 0 aliphatic carbocycles. The van der Waals surface area contributed by atoms with Gasteiger partial charge in [-0.05, 0) is 47.5 Å². The lowest BCUT2D eigenvalue weighted by Crippen LogP contribution is -2.10. The first-order valence-electron chi connectivity index (χ1n) is 11.2. The van der Waals surface area contributed by atoms with Crippen molar-refractivity contribution < 1.29 is 18.0 Å². The van der Waals surface area contributed by atoms with Crippen LogP contribution in [0.2, 0.25) is 0 Å². The third-order valence-electron chi connectivity index (χ3n) is 5.79. The molecule has 2 aromatic heterocycles. The first kappa shape index (κ1) is 23.2. The van der Waals surface area contributed by atoms with Crippen LogP contribution in [0.5, 0.6) is 0 Å². The number of para-hydroxylation sites is 1. The van der Waals surface area contributed by atoms with Crippen molar-refractivity contribution in [3.8, 4) is 11.1 Å². The number of anilines is 1. The lowest BCUT2D eigenvalue weighted by Gasteiger charge is -2.15. The highest BCUT2D eigenvalue weighted by atomic mass is 19.4. The molecular formula is C29H20F3N3O. The van der Waals surface area contributed by atoms with Crippen LogP contribution in [0.25, 0.3) is 22.0 Å². The van der Waals surface area contributed by atoms with E-state index >= 15 is 0 Å². The number of pyridine rings is 2. The van der Waals surface area contributed by atoms with Crippen LogP contribution >= 0.6 is 0 Å². The van der Waals surface area contributed by atoms with E-state index in [1.807, 2.05) is 36.4 Å². The monoisotopic (exact) mass is 483 g/mol. The Morgan fingerprint density at radius 2 is 1.61 bits per heavy atom. The molecule has 0 aliphatic rings. The predicted octanol–water partition coefficient (Wildman–Crippen LogP) is 7.16. The zero-order valence-corrected chi connectivity index (χ0v) is 19.0. The molecule has 36 heavy (non-hydrogen) atoms. The van der Waals surface area contributed by atoms with Gasteiger partial charge in [-0.3, -0.25) is 9.78 Å². The van der Waals surface area contributed by atoms with Crippen molar-refractivity contribution in [2.45, 2.75) is 12.7 Å². The molecule has 0 spiro atoms. The summed E-state index contributed by atoms with van der Waals surface area (Å²) >= 11 is 0. The molecule has 0 fully saturated rings. The van der Waals surface area contributed by atoms with Crippen LogP contribution in [0.3, 0.4) is 0 Å². The Morgan fingerprint density at radius 1 is 0.833 bits per heavy atom. The molecule has 0 radical (unpaired) electrons. The lowest BCUT2D eigenvalue weighted by molar-refractivity contribution is -0.136. The van der Waals surface area contributed by atoms with Gasteiger partial charge in [-0.15, -0.1) is 0 Å².